The molecule has 2 N–H and O–H groups in total. The van der Waals surface area contributed by atoms with Gasteiger partial charge >= 0.3 is 5.97 Å². The first-order chi connectivity index (χ1) is 13.7. The van der Waals surface area contributed by atoms with Crippen molar-refractivity contribution in [2.24, 2.45) is 0 Å². The molecule has 0 bridgehead atoms. The number of benzene rings is 2. The molecule has 2 aromatic rings. The van der Waals surface area contributed by atoms with Crippen molar-refractivity contribution < 1.29 is 27.5 Å². The first kappa shape index (κ1) is 21.9. The van der Waals surface area contributed by atoms with Gasteiger partial charge in [-0.2, -0.15) is 0 Å². The van der Waals surface area contributed by atoms with E-state index in [1.807, 2.05) is 0 Å². The summed E-state index contributed by atoms with van der Waals surface area (Å²) in [5.74, 6) is -1.81. The largest absolute Gasteiger partial charge is 0.454 e. The number of carbonyl (C=O) groups excluding carboxylic acids is 3. The van der Waals surface area contributed by atoms with Gasteiger partial charge in [-0.15, -0.1) is 0 Å². The molecule has 0 heterocycles. The van der Waals surface area contributed by atoms with Crippen molar-refractivity contribution in [3.05, 3.63) is 54.6 Å². The number of para-hydroxylation sites is 1. The van der Waals surface area contributed by atoms with Crippen molar-refractivity contribution in [2.45, 2.75) is 11.8 Å². The maximum atomic E-state index is 12.8. The highest BCUT2D eigenvalue weighted by Crippen LogP contribution is 2.23. The summed E-state index contributed by atoms with van der Waals surface area (Å²) in [4.78, 5) is 34.1. The summed E-state index contributed by atoms with van der Waals surface area (Å²) in [7, 11) is -2.40. The zero-order valence-electron chi connectivity index (χ0n) is 15.9. The zero-order chi connectivity index (χ0) is 21.4. The highest BCUT2D eigenvalue weighted by Gasteiger charge is 2.21. The normalized spacial score (nSPS) is 10.7. The lowest BCUT2D eigenvalue weighted by Gasteiger charge is -2.19. The van der Waals surface area contributed by atoms with Crippen molar-refractivity contribution in [3.63, 3.8) is 0 Å². The van der Waals surface area contributed by atoms with E-state index in [1.165, 1.54) is 38.2 Å². The van der Waals surface area contributed by atoms with Gasteiger partial charge in [0.2, 0.25) is 5.91 Å². The molecule has 0 aliphatic carbocycles. The molecule has 0 saturated heterocycles. The molecule has 2 rings (SSSR count). The van der Waals surface area contributed by atoms with E-state index in [1.54, 1.807) is 30.3 Å². The third-order valence-corrected chi connectivity index (χ3v) is 5.52. The second kappa shape index (κ2) is 9.69. The van der Waals surface area contributed by atoms with Crippen LogP contribution in [0.15, 0.2) is 59.5 Å². The van der Waals surface area contributed by atoms with Crippen LogP contribution in [0.25, 0.3) is 0 Å². The van der Waals surface area contributed by atoms with E-state index in [9.17, 15) is 22.8 Å². The van der Waals surface area contributed by atoms with Crippen LogP contribution < -0.4 is 14.9 Å². The standard InChI is InChI=1S/C19H21N3O6S/c1-14(23)20-12-19(25)28-13-18(24)21-15-7-6-10-17(11-15)29(26,27)22(2)16-8-4-3-5-9-16/h3-11H,12-13H2,1-2H3,(H,20,23)(H,21,24). The van der Waals surface area contributed by atoms with E-state index in [0.717, 1.165) is 4.31 Å². The molecule has 0 saturated carbocycles. The third-order valence-electron chi connectivity index (χ3n) is 3.74. The second-order valence-electron chi connectivity index (χ2n) is 5.95. The van der Waals surface area contributed by atoms with Crippen molar-refractivity contribution >= 4 is 39.2 Å². The van der Waals surface area contributed by atoms with Crippen LogP contribution in [0.1, 0.15) is 6.92 Å². The van der Waals surface area contributed by atoms with Crippen molar-refractivity contribution in [1.82, 2.24) is 5.32 Å². The first-order valence-corrected chi connectivity index (χ1v) is 9.98. The van der Waals surface area contributed by atoms with Gasteiger partial charge < -0.3 is 15.4 Å². The highest BCUT2D eigenvalue weighted by molar-refractivity contribution is 7.92. The summed E-state index contributed by atoms with van der Waals surface area (Å²) >= 11 is 0. The van der Waals surface area contributed by atoms with Gasteiger partial charge in [-0.25, -0.2) is 8.42 Å². The Hall–Kier alpha value is -3.40. The van der Waals surface area contributed by atoms with Crippen LogP contribution >= 0.6 is 0 Å². The summed E-state index contributed by atoms with van der Waals surface area (Å²) in [6.45, 7) is 0.331. The van der Waals surface area contributed by atoms with Crippen LogP contribution in [-0.4, -0.2) is 46.4 Å². The molecule has 0 unspecified atom stereocenters. The van der Waals surface area contributed by atoms with Crippen molar-refractivity contribution in [3.8, 4) is 0 Å². The number of sulfonamides is 1. The molecule has 0 atom stereocenters. The van der Waals surface area contributed by atoms with Crippen molar-refractivity contribution in [2.75, 3.05) is 29.8 Å². The summed E-state index contributed by atoms with van der Waals surface area (Å²) in [6, 6.07) is 14.3. The lowest BCUT2D eigenvalue weighted by atomic mass is 10.3. The van der Waals surface area contributed by atoms with Crippen LogP contribution in [0.2, 0.25) is 0 Å². The van der Waals surface area contributed by atoms with E-state index >= 15 is 0 Å². The predicted octanol–water partition coefficient (Wildman–Crippen LogP) is 1.13. The van der Waals surface area contributed by atoms with Gasteiger partial charge in [0.1, 0.15) is 6.54 Å². The molecule has 0 spiro atoms. The lowest BCUT2D eigenvalue weighted by molar-refractivity contribution is -0.147. The molecule has 2 aromatic carbocycles. The summed E-state index contributed by atoms with van der Waals surface area (Å²) in [6.07, 6.45) is 0. The molecule has 0 aliphatic heterocycles. The number of hydrogen-bond acceptors (Lipinski definition) is 6. The molecule has 2 amide bonds. The summed E-state index contributed by atoms with van der Waals surface area (Å²) in [5.41, 5.74) is 0.725. The van der Waals surface area contributed by atoms with E-state index < -0.39 is 34.4 Å². The average molecular weight is 419 g/mol. The summed E-state index contributed by atoms with van der Waals surface area (Å²) in [5, 5.41) is 4.72. The van der Waals surface area contributed by atoms with Gasteiger partial charge in [0, 0.05) is 19.7 Å². The van der Waals surface area contributed by atoms with Crippen LogP contribution in [0.3, 0.4) is 0 Å². The second-order valence-corrected chi connectivity index (χ2v) is 7.92. The molecule has 0 aromatic heterocycles. The van der Waals surface area contributed by atoms with Gasteiger partial charge in [-0.3, -0.25) is 18.7 Å². The number of rotatable bonds is 8. The van der Waals surface area contributed by atoms with E-state index in [0.29, 0.717) is 5.69 Å². The molecule has 0 aliphatic rings. The number of anilines is 2. The number of amides is 2. The molecule has 9 nitrogen and oxygen atoms in total. The topological polar surface area (TPSA) is 122 Å². The molecule has 10 heteroatoms. The van der Waals surface area contributed by atoms with E-state index in [-0.39, 0.29) is 17.1 Å². The quantitative estimate of drug-likeness (QED) is 0.619. The lowest BCUT2D eigenvalue weighted by Crippen LogP contribution is -2.30. The third kappa shape index (κ3) is 6.32. The minimum absolute atomic E-state index is 0.00990. The zero-order valence-corrected chi connectivity index (χ0v) is 16.7. The van der Waals surface area contributed by atoms with Gasteiger partial charge in [0.05, 0.1) is 10.6 Å². The highest BCUT2D eigenvalue weighted by atomic mass is 32.2. The monoisotopic (exact) mass is 419 g/mol. The fourth-order valence-electron chi connectivity index (χ4n) is 2.26. The molecule has 29 heavy (non-hydrogen) atoms. The van der Waals surface area contributed by atoms with Crippen molar-refractivity contribution in [1.29, 1.82) is 0 Å². The maximum Gasteiger partial charge on any atom is 0.325 e. The molecule has 0 fully saturated rings. The van der Waals surface area contributed by atoms with Crippen LogP contribution in [-0.2, 0) is 29.1 Å². The Bertz CT molecular complexity index is 992. The Kier molecular flexibility index (Phi) is 7.32. The Balaban J connectivity index is 2.02. The maximum absolute atomic E-state index is 12.8. The van der Waals surface area contributed by atoms with Crippen LogP contribution in [0.5, 0.6) is 0 Å². The van der Waals surface area contributed by atoms with Gasteiger partial charge in [-0.1, -0.05) is 24.3 Å². The number of nitrogens with one attached hydrogen (secondary N) is 2. The molecular weight excluding hydrogens is 398 g/mol. The first-order valence-electron chi connectivity index (χ1n) is 8.54. The number of nitrogens with zero attached hydrogens (tertiary/aromatic N) is 1. The number of hydrogen-bond donors (Lipinski definition) is 2. The minimum Gasteiger partial charge on any atom is -0.454 e. The Morgan fingerprint density at radius 2 is 1.72 bits per heavy atom. The van der Waals surface area contributed by atoms with E-state index in [2.05, 4.69) is 10.6 Å². The van der Waals surface area contributed by atoms with Crippen LogP contribution in [0, 0.1) is 0 Å². The minimum atomic E-state index is -3.84. The fraction of sp³-hybridized carbons (Fsp3) is 0.211. The predicted molar refractivity (Wildman–Crippen MR) is 107 cm³/mol. The molecular formula is C19H21N3O6S. The van der Waals surface area contributed by atoms with E-state index in [4.69, 9.17) is 4.74 Å². The fourth-order valence-corrected chi connectivity index (χ4v) is 3.50. The Labute approximate surface area is 168 Å². The SMILES string of the molecule is CC(=O)NCC(=O)OCC(=O)Nc1cccc(S(=O)(=O)N(C)c2ccccc2)c1. The molecule has 0 radical (unpaired) electrons. The summed E-state index contributed by atoms with van der Waals surface area (Å²) < 4.78 is 31.5. The number of ether oxygens (including phenoxy) is 1. The van der Waals surface area contributed by atoms with Crippen LogP contribution in [0.4, 0.5) is 11.4 Å². The average Bonchev–Trinajstić information content (AvgIpc) is 2.71. The Morgan fingerprint density at radius 1 is 1.03 bits per heavy atom. The van der Waals surface area contributed by atoms with Gasteiger partial charge in [-0.05, 0) is 30.3 Å². The Morgan fingerprint density at radius 3 is 2.38 bits per heavy atom. The number of carbonyl (C=O) groups is 3. The number of esters is 1. The van der Waals surface area contributed by atoms with Gasteiger partial charge in [0.25, 0.3) is 15.9 Å². The van der Waals surface area contributed by atoms with Gasteiger partial charge in [0.15, 0.2) is 6.61 Å². The molecule has 154 valence electrons. The smallest absolute Gasteiger partial charge is 0.325 e.